The number of carbonyl (C=O) groups is 1. The number of ketones is 1. The number of Topliss-reactive ketones (excluding diaryl/α,β-unsaturated/α-hetero) is 1. The molecule has 1 aliphatic heterocycles. The van der Waals surface area contributed by atoms with Crippen molar-refractivity contribution in [3.05, 3.63) is 0 Å². The van der Waals surface area contributed by atoms with Crippen molar-refractivity contribution in [2.75, 3.05) is 6.61 Å². The minimum absolute atomic E-state index is 0.0364. The molecule has 0 amide bonds. The smallest absolute Gasteiger partial charge is 0.193 e. The third-order valence-corrected chi connectivity index (χ3v) is 9.07. The second kappa shape index (κ2) is 6.69. The quantitative estimate of drug-likeness (QED) is 0.758. The number of aliphatic hydroxyl groups is 1. The third-order valence-electron chi connectivity index (χ3n) is 4.62. The van der Waals surface area contributed by atoms with Gasteiger partial charge in [0.15, 0.2) is 19.9 Å². The van der Waals surface area contributed by atoms with Crippen LogP contribution in [0, 0.1) is 0 Å². The predicted octanol–water partition coefficient (Wildman–Crippen LogP) is 2.87. The monoisotopic (exact) mass is 332 g/mol. The molecule has 1 aliphatic rings. The summed E-state index contributed by atoms with van der Waals surface area (Å²) in [5.74, 6) is -0.826. The molecule has 1 heterocycles. The van der Waals surface area contributed by atoms with Crippen molar-refractivity contribution in [1.29, 1.82) is 0 Å². The zero-order valence-corrected chi connectivity index (χ0v) is 16.2. The molecule has 22 heavy (non-hydrogen) atoms. The van der Waals surface area contributed by atoms with E-state index >= 15 is 0 Å². The third kappa shape index (κ3) is 4.61. The molecule has 0 aliphatic carbocycles. The van der Waals surface area contributed by atoms with E-state index in [1.165, 1.54) is 0 Å². The molecule has 0 bridgehead atoms. The molecule has 1 N–H and O–H groups in total. The summed E-state index contributed by atoms with van der Waals surface area (Å²) >= 11 is 0. The summed E-state index contributed by atoms with van der Waals surface area (Å²) in [7, 11) is -2.17. The van der Waals surface area contributed by atoms with Crippen molar-refractivity contribution in [2.45, 2.75) is 90.2 Å². The highest BCUT2D eigenvalue weighted by Crippen LogP contribution is 2.38. The van der Waals surface area contributed by atoms with Crippen LogP contribution in [-0.4, -0.2) is 49.9 Å². The van der Waals surface area contributed by atoms with Gasteiger partial charge in [0.05, 0.1) is 6.61 Å². The van der Waals surface area contributed by atoms with E-state index < -0.39 is 32.4 Å². The van der Waals surface area contributed by atoms with Gasteiger partial charge in [-0.15, -0.1) is 0 Å². The summed E-state index contributed by atoms with van der Waals surface area (Å²) < 4.78 is 17.4. The average molecular weight is 333 g/mol. The largest absolute Gasteiger partial charge is 0.404 e. The van der Waals surface area contributed by atoms with Gasteiger partial charge < -0.3 is 19.0 Å². The van der Waals surface area contributed by atoms with Gasteiger partial charge in [-0.25, -0.2) is 0 Å². The molecule has 0 unspecified atom stereocenters. The van der Waals surface area contributed by atoms with Gasteiger partial charge in [0, 0.05) is 6.42 Å². The van der Waals surface area contributed by atoms with Gasteiger partial charge in [-0.1, -0.05) is 27.7 Å². The van der Waals surface area contributed by atoms with Crippen molar-refractivity contribution in [1.82, 2.24) is 0 Å². The Hall–Kier alpha value is -0.273. The van der Waals surface area contributed by atoms with Crippen LogP contribution in [0.2, 0.25) is 18.1 Å². The van der Waals surface area contributed by atoms with E-state index in [-0.39, 0.29) is 17.4 Å². The summed E-state index contributed by atoms with van der Waals surface area (Å²) in [4.78, 5) is 12.3. The molecule has 6 heteroatoms. The van der Waals surface area contributed by atoms with E-state index in [4.69, 9.17) is 13.9 Å². The SMILES string of the molecule is CCC(=O)[C@H](O[Si](C)(C)C(C)(C)C)[C@@H](O)[C@@H]1COC(C)(C)O1. The number of rotatable bonds is 6. The van der Waals surface area contributed by atoms with Gasteiger partial charge in [-0.3, -0.25) is 4.79 Å². The van der Waals surface area contributed by atoms with E-state index in [0.29, 0.717) is 6.42 Å². The molecule has 0 saturated carbocycles. The van der Waals surface area contributed by atoms with E-state index in [1.54, 1.807) is 20.8 Å². The van der Waals surface area contributed by atoms with Crippen LogP contribution in [0.5, 0.6) is 0 Å². The summed E-state index contributed by atoms with van der Waals surface area (Å²) in [6.07, 6.45) is -2.08. The fourth-order valence-electron chi connectivity index (χ4n) is 2.10. The number of aliphatic hydroxyl groups excluding tert-OH is 1. The van der Waals surface area contributed by atoms with Crippen LogP contribution in [-0.2, 0) is 18.7 Å². The van der Waals surface area contributed by atoms with Crippen LogP contribution in [0.3, 0.4) is 0 Å². The van der Waals surface area contributed by atoms with Crippen LogP contribution in [0.4, 0.5) is 0 Å². The van der Waals surface area contributed by atoms with E-state index in [1.807, 2.05) is 0 Å². The molecule has 0 spiro atoms. The van der Waals surface area contributed by atoms with E-state index in [0.717, 1.165) is 0 Å². The van der Waals surface area contributed by atoms with Crippen LogP contribution >= 0.6 is 0 Å². The Kier molecular flexibility index (Phi) is 6.01. The van der Waals surface area contributed by atoms with Crippen LogP contribution in [0.25, 0.3) is 0 Å². The first-order chi connectivity index (χ1) is 9.81. The molecule has 0 radical (unpaired) electrons. The van der Waals surface area contributed by atoms with Gasteiger partial charge in [0.2, 0.25) is 0 Å². The summed E-state index contributed by atoms with van der Waals surface area (Å²) in [5, 5.41) is 10.6. The van der Waals surface area contributed by atoms with Gasteiger partial charge in [0.1, 0.15) is 18.3 Å². The predicted molar refractivity (Wildman–Crippen MR) is 88.3 cm³/mol. The van der Waals surface area contributed by atoms with Crippen molar-refractivity contribution >= 4 is 14.1 Å². The molecule has 1 fully saturated rings. The standard InChI is InChI=1S/C16H32O5Si/c1-9-11(17)14(21-22(7,8)15(2,3)4)13(18)12-10-19-16(5,6)20-12/h12-14,18H,9-10H2,1-8H3/t12-,13-,14-/m0/s1. The van der Waals surface area contributed by atoms with E-state index in [2.05, 4.69) is 33.9 Å². The Morgan fingerprint density at radius 1 is 1.41 bits per heavy atom. The topological polar surface area (TPSA) is 65.0 Å². The molecule has 0 aromatic rings. The first kappa shape index (κ1) is 19.8. The summed E-state index contributed by atoms with van der Waals surface area (Å²) in [6.45, 7) is 16.1. The lowest BCUT2D eigenvalue weighted by Crippen LogP contribution is -2.53. The Morgan fingerprint density at radius 2 is 1.95 bits per heavy atom. The van der Waals surface area contributed by atoms with Crippen molar-refractivity contribution in [3.63, 3.8) is 0 Å². The Morgan fingerprint density at radius 3 is 2.32 bits per heavy atom. The maximum atomic E-state index is 12.3. The number of hydrogen-bond acceptors (Lipinski definition) is 5. The fourth-order valence-corrected chi connectivity index (χ4v) is 3.36. The van der Waals surface area contributed by atoms with Gasteiger partial charge in [-0.2, -0.15) is 0 Å². The summed E-state index contributed by atoms with van der Waals surface area (Å²) in [5.41, 5.74) is 0. The second-order valence-corrected chi connectivity index (χ2v) is 12.7. The summed E-state index contributed by atoms with van der Waals surface area (Å²) in [6, 6.07) is 0. The lowest BCUT2D eigenvalue weighted by atomic mass is 10.0. The number of hydrogen-bond donors (Lipinski definition) is 1. The Labute approximate surface area is 135 Å². The molecular weight excluding hydrogens is 300 g/mol. The number of carbonyl (C=O) groups excluding carboxylic acids is 1. The van der Waals surface area contributed by atoms with E-state index in [9.17, 15) is 9.90 Å². The molecule has 3 atom stereocenters. The molecule has 0 aromatic heterocycles. The Balaban J connectivity index is 2.92. The lowest BCUT2D eigenvalue weighted by Gasteiger charge is -2.40. The molecule has 1 saturated heterocycles. The average Bonchev–Trinajstić information content (AvgIpc) is 2.73. The maximum Gasteiger partial charge on any atom is 0.193 e. The van der Waals surface area contributed by atoms with Crippen molar-refractivity contribution in [3.8, 4) is 0 Å². The van der Waals surface area contributed by atoms with Crippen molar-refractivity contribution < 1.29 is 23.8 Å². The highest BCUT2D eigenvalue weighted by atomic mass is 28.4. The molecular formula is C16H32O5Si. The maximum absolute atomic E-state index is 12.3. The van der Waals surface area contributed by atoms with Gasteiger partial charge >= 0.3 is 0 Å². The molecule has 130 valence electrons. The van der Waals surface area contributed by atoms with Crippen molar-refractivity contribution in [2.24, 2.45) is 0 Å². The second-order valence-electron chi connectivity index (χ2n) is 7.98. The minimum atomic E-state index is -2.17. The van der Waals surface area contributed by atoms with Crippen LogP contribution in [0.15, 0.2) is 0 Å². The minimum Gasteiger partial charge on any atom is -0.404 e. The lowest BCUT2D eigenvalue weighted by molar-refractivity contribution is -0.163. The van der Waals surface area contributed by atoms with Crippen LogP contribution < -0.4 is 0 Å². The number of ether oxygens (including phenoxy) is 2. The zero-order chi connectivity index (χ0) is 17.3. The van der Waals surface area contributed by atoms with Gasteiger partial charge in [0.25, 0.3) is 0 Å². The molecule has 1 rings (SSSR count). The first-order valence-electron chi connectivity index (χ1n) is 8.01. The van der Waals surface area contributed by atoms with Crippen LogP contribution in [0.1, 0.15) is 48.0 Å². The molecule has 5 nitrogen and oxygen atoms in total. The Bertz CT molecular complexity index is 400. The first-order valence-corrected chi connectivity index (χ1v) is 10.9. The zero-order valence-electron chi connectivity index (χ0n) is 15.2. The molecule has 0 aromatic carbocycles. The normalized spacial score (nSPS) is 25.0. The highest BCUT2D eigenvalue weighted by molar-refractivity contribution is 6.74. The van der Waals surface area contributed by atoms with Gasteiger partial charge in [-0.05, 0) is 32.0 Å². The highest BCUT2D eigenvalue weighted by Gasteiger charge is 2.46. The fraction of sp³-hybridized carbons (Fsp3) is 0.938.